The summed E-state index contributed by atoms with van der Waals surface area (Å²) in [5.74, 6) is 2.41. The van der Waals surface area contributed by atoms with E-state index in [9.17, 15) is 3.83 Å². The van der Waals surface area contributed by atoms with Gasteiger partial charge in [-0.25, -0.2) is 0 Å². The third-order valence-corrected chi connectivity index (χ3v) is 3.79. The van der Waals surface area contributed by atoms with Gasteiger partial charge in [0.1, 0.15) is 0 Å². The third-order valence-electron chi connectivity index (χ3n) is 1.22. The van der Waals surface area contributed by atoms with Crippen LogP contribution in [0.2, 0.25) is 5.32 Å². The van der Waals surface area contributed by atoms with Gasteiger partial charge in [-0.1, -0.05) is 0 Å². The molecule has 0 aliphatic heterocycles. The molecule has 1 atom stereocenters. The van der Waals surface area contributed by atoms with Gasteiger partial charge in [-0.15, -0.1) is 0 Å². The first kappa shape index (κ1) is 8.20. The van der Waals surface area contributed by atoms with Crippen molar-refractivity contribution >= 4 is 18.3 Å². The van der Waals surface area contributed by atoms with E-state index in [-0.39, 0.29) is 0 Å². The SMILES string of the molecule is C#CC[Se](=O)c1ccccc1. The number of hydrogen-bond donors (Lipinski definition) is 0. The zero-order chi connectivity index (χ0) is 8.10. The van der Waals surface area contributed by atoms with E-state index in [1.807, 2.05) is 30.3 Å². The van der Waals surface area contributed by atoms with Crippen LogP contribution in [0, 0.1) is 12.3 Å². The molecule has 0 heterocycles. The second-order valence-electron chi connectivity index (χ2n) is 2.01. The fourth-order valence-electron chi connectivity index (χ4n) is 0.731. The van der Waals surface area contributed by atoms with Crippen LogP contribution in [0.1, 0.15) is 0 Å². The monoisotopic (exact) mass is 212 g/mol. The van der Waals surface area contributed by atoms with Gasteiger partial charge in [0.2, 0.25) is 0 Å². The van der Waals surface area contributed by atoms with Gasteiger partial charge in [0, 0.05) is 0 Å². The van der Waals surface area contributed by atoms with Crippen molar-refractivity contribution in [2.75, 3.05) is 0 Å². The summed E-state index contributed by atoms with van der Waals surface area (Å²) in [6.45, 7) is 0. The van der Waals surface area contributed by atoms with Crippen molar-refractivity contribution in [2.45, 2.75) is 5.32 Å². The number of hydrogen-bond acceptors (Lipinski definition) is 1. The Balaban J connectivity index is 2.79. The third kappa shape index (κ3) is 2.31. The van der Waals surface area contributed by atoms with Crippen LogP contribution in [-0.2, 0) is 3.83 Å². The van der Waals surface area contributed by atoms with Gasteiger partial charge in [-0.05, 0) is 0 Å². The van der Waals surface area contributed by atoms with Crippen LogP contribution in [0.3, 0.4) is 0 Å². The molecule has 0 aliphatic rings. The minimum atomic E-state index is -1.92. The van der Waals surface area contributed by atoms with Gasteiger partial charge in [0.25, 0.3) is 0 Å². The molecule has 1 aromatic rings. The molecule has 1 rings (SSSR count). The molecular weight excluding hydrogens is 203 g/mol. The number of benzene rings is 1. The summed E-state index contributed by atoms with van der Waals surface area (Å²) in [5.41, 5.74) is 0. The predicted molar refractivity (Wildman–Crippen MR) is 46.2 cm³/mol. The Kier molecular flexibility index (Phi) is 3.04. The summed E-state index contributed by atoms with van der Waals surface area (Å²) in [7, 11) is 0. The van der Waals surface area contributed by atoms with Crippen LogP contribution in [0.4, 0.5) is 0 Å². The Morgan fingerprint density at radius 3 is 2.55 bits per heavy atom. The van der Waals surface area contributed by atoms with Crippen molar-refractivity contribution in [3.63, 3.8) is 0 Å². The molecule has 0 fully saturated rings. The van der Waals surface area contributed by atoms with Crippen molar-refractivity contribution in [2.24, 2.45) is 0 Å². The molecule has 1 aromatic carbocycles. The van der Waals surface area contributed by atoms with E-state index < -0.39 is 13.8 Å². The molecule has 2 heteroatoms. The fraction of sp³-hybridized carbons (Fsp3) is 0.111. The molecule has 0 radical (unpaired) electrons. The Morgan fingerprint density at radius 1 is 1.36 bits per heavy atom. The Hall–Kier alpha value is -0.901. The molecule has 0 saturated heterocycles. The first-order valence-corrected chi connectivity index (χ1v) is 5.98. The molecule has 0 aromatic heterocycles. The molecule has 0 aliphatic carbocycles. The normalized spacial score (nSPS) is 11.9. The molecule has 1 nitrogen and oxygen atoms in total. The van der Waals surface area contributed by atoms with Gasteiger partial charge in [-0.2, -0.15) is 0 Å². The molecule has 0 amide bonds. The van der Waals surface area contributed by atoms with Crippen molar-refractivity contribution in [3.05, 3.63) is 30.3 Å². The Bertz CT molecular complexity index is 284. The van der Waals surface area contributed by atoms with Crippen molar-refractivity contribution in [1.82, 2.24) is 0 Å². The quantitative estimate of drug-likeness (QED) is 0.525. The van der Waals surface area contributed by atoms with Gasteiger partial charge in [-0.3, -0.25) is 0 Å². The minimum absolute atomic E-state index is 0.393. The van der Waals surface area contributed by atoms with Gasteiger partial charge < -0.3 is 0 Å². The van der Waals surface area contributed by atoms with Crippen LogP contribution in [-0.4, -0.2) is 13.8 Å². The molecule has 0 saturated carbocycles. The van der Waals surface area contributed by atoms with E-state index in [0.717, 1.165) is 4.46 Å². The van der Waals surface area contributed by atoms with Crippen LogP contribution < -0.4 is 4.46 Å². The summed E-state index contributed by atoms with van der Waals surface area (Å²) < 4.78 is 12.2. The molecule has 0 bridgehead atoms. The Morgan fingerprint density at radius 2 is 2.00 bits per heavy atom. The summed E-state index contributed by atoms with van der Waals surface area (Å²) in [4.78, 5) is 0. The van der Waals surface area contributed by atoms with Gasteiger partial charge in [0.05, 0.1) is 0 Å². The van der Waals surface area contributed by atoms with Crippen LogP contribution in [0.25, 0.3) is 0 Å². The van der Waals surface area contributed by atoms with Crippen molar-refractivity contribution in [1.29, 1.82) is 0 Å². The van der Waals surface area contributed by atoms with Crippen molar-refractivity contribution in [3.8, 4) is 12.3 Å². The molecule has 56 valence electrons. The average molecular weight is 211 g/mol. The van der Waals surface area contributed by atoms with E-state index >= 15 is 0 Å². The standard InChI is InChI=1S/C9H8OSe/c1-2-8-11(10)9-6-4-3-5-7-9/h1,3-7H,8H2. The maximum atomic E-state index is 11.3. The van der Waals surface area contributed by atoms with Crippen molar-refractivity contribution < 1.29 is 3.83 Å². The molecule has 1 unspecified atom stereocenters. The second-order valence-corrected chi connectivity index (χ2v) is 5.05. The summed E-state index contributed by atoms with van der Waals surface area (Å²) in [5, 5.41) is 0.393. The molecular formula is C9H8OSe. The fourth-order valence-corrected chi connectivity index (χ4v) is 2.37. The first-order chi connectivity index (χ1) is 5.34. The first-order valence-electron chi connectivity index (χ1n) is 3.21. The van der Waals surface area contributed by atoms with E-state index in [1.165, 1.54) is 0 Å². The summed E-state index contributed by atoms with van der Waals surface area (Å²) in [6.07, 6.45) is 5.05. The zero-order valence-corrected chi connectivity index (χ0v) is 7.70. The zero-order valence-electron chi connectivity index (χ0n) is 5.99. The van der Waals surface area contributed by atoms with Crippen LogP contribution in [0.15, 0.2) is 30.3 Å². The Labute approximate surface area is 70.5 Å². The van der Waals surface area contributed by atoms with E-state index in [2.05, 4.69) is 5.92 Å². The number of terminal acetylenes is 1. The van der Waals surface area contributed by atoms with E-state index in [1.54, 1.807) is 0 Å². The van der Waals surface area contributed by atoms with Gasteiger partial charge >= 0.3 is 70.1 Å². The molecule has 11 heavy (non-hydrogen) atoms. The summed E-state index contributed by atoms with van der Waals surface area (Å²) >= 11 is -1.92. The molecule has 0 N–H and O–H groups in total. The van der Waals surface area contributed by atoms with Crippen LogP contribution >= 0.6 is 0 Å². The second kappa shape index (κ2) is 4.08. The summed E-state index contributed by atoms with van der Waals surface area (Å²) in [6, 6.07) is 9.36. The predicted octanol–water partition coefficient (Wildman–Crippen LogP) is 0.949. The number of rotatable bonds is 2. The van der Waals surface area contributed by atoms with Crippen LogP contribution in [0.5, 0.6) is 0 Å². The van der Waals surface area contributed by atoms with Gasteiger partial charge in [0.15, 0.2) is 0 Å². The maximum absolute atomic E-state index is 11.3. The molecule has 0 spiro atoms. The van der Waals surface area contributed by atoms with E-state index in [4.69, 9.17) is 6.42 Å². The topological polar surface area (TPSA) is 17.1 Å². The van der Waals surface area contributed by atoms with E-state index in [0.29, 0.717) is 5.32 Å². The average Bonchev–Trinajstić information content (AvgIpc) is 2.07.